The summed E-state index contributed by atoms with van der Waals surface area (Å²) in [5.74, 6) is -2.92. The van der Waals surface area contributed by atoms with Crippen molar-refractivity contribution >= 4 is 46.0 Å². The minimum atomic E-state index is -0.796. The van der Waals surface area contributed by atoms with Crippen LogP contribution in [0.2, 0.25) is 10.0 Å². The van der Waals surface area contributed by atoms with E-state index in [1.54, 1.807) is 0 Å². The summed E-state index contributed by atoms with van der Waals surface area (Å²) >= 11 is 11.2. The summed E-state index contributed by atoms with van der Waals surface area (Å²) in [5.41, 5.74) is -0.472. The van der Waals surface area contributed by atoms with Crippen LogP contribution in [-0.2, 0) is 4.79 Å². The number of amides is 2. The highest BCUT2D eigenvalue weighted by molar-refractivity contribution is 6.31. The zero-order valence-corrected chi connectivity index (χ0v) is 18.4. The van der Waals surface area contributed by atoms with Crippen LogP contribution in [0.5, 0.6) is 5.75 Å². The van der Waals surface area contributed by atoms with Crippen molar-refractivity contribution in [3.8, 4) is 5.75 Å². The highest BCUT2D eigenvalue weighted by Gasteiger charge is 2.15. The average molecular weight is 497 g/mol. The zero-order valence-electron chi connectivity index (χ0n) is 16.8. The van der Waals surface area contributed by atoms with E-state index in [0.29, 0.717) is 0 Å². The molecular formula is C22H16Cl2F2N2O5. The van der Waals surface area contributed by atoms with Gasteiger partial charge in [-0.15, -0.1) is 0 Å². The summed E-state index contributed by atoms with van der Waals surface area (Å²) < 4.78 is 37.5. The lowest BCUT2D eigenvalue weighted by molar-refractivity contribution is -0.123. The smallest absolute Gasteiger partial charge is 0.291 e. The van der Waals surface area contributed by atoms with E-state index >= 15 is 0 Å². The lowest BCUT2D eigenvalue weighted by atomic mass is 10.2. The first-order valence-corrected chi connectivity index (χ1v) is 10.2. The molecule has 1 heterocycles. The molecule has 0 bridgehead atoms. The SMILES string of the molecule is C=C(CCNC(=O)COc1ccc(Cl)c(F)c1)NC(=O)c1cc(=O)c2cc(Cl)c(F)cc2o1. The van der Waals surface area contributed by atoms with E-state index in [9.17, 15) is 23.2 Å². The number of hydrogen-bond acceptors (Lipinski definition) is 5. The molecule has 0 saturated carbocycles. The quantitative estimate of drug-likeness (QED) is 0.486. The summed E-state index contributed by atoms with van der Waals surface area (Å²) in [5, 5.41) is 4.70. The second kappa shape index (κ2) is 10.5. The van der Waals surface area contributed by atoms with Gasteiger partial charge in [-0.25, -0.2) is 8.78 Å². The van der Waals surface area contributed by atoms with Crippen molar-refractivity contribution in [2.45, 2.75) is 6.42 Å². The molecule has 0 aliphatic carbocycles. The van der Waals surface area contributed by atoms with Gasteiger partial charge in [-0.1, -0.05) is 29.8 Å². The van der Waals surface area contributed by atoms with Gasteiger partial charge in [0.2, 0.25) is 0 Å². The molecule has 0 radical (unpaired) electrons. The summed E-state index contributed by atoms with van der Waals surface area (Å²) in [6.45, 7) is 3.43. The molecule has 33 heavy (non-hydrogen) atoms. The first-order valence-electron chi connectivity index (χ1n) is 9.40. The topological polar surface area (TPSA) is 97.6 Å². The molecule has 0 unspecified atom stereocenters. The second-order valence-corrected chi connectivity index (χ2v) is 7.57. The van der Waals surface area contributed by atoms with Gasteiger partial charge in [-0.2, -0.15) is 0 Å². The van der Waals surface area contributed by atoms with E-state index in [4.69, 9.17) is 32.4 Å². The summed E-state index contributed by atoms with van der Waals surface area (Å²) in [6, 6.07) is 6.78. The van der Waals surface area contributed by atoms with E-state index in [2.05, 4.69) is 17.2 Å². The predicted octanol–water partition coefficient (Wildman–Crippen LogP) is 4.21. The van der Waals surface area contributed by atoms with Gasteiger partial charge in [0.05, 0.1) is 15.4 Å². The molecule has 0 spiro atoms. The Morgan fingerprint density at radius 1 is 1.06 bits per heavy atom. The number of carbonyl (C=O) groups is 2. The van der Waals surface area contributed by atoms with Gasteiger partial charge in [-0.3, -0.25) is 14.4 Å². The van der Waals surface area contributed by atoms with Gasteiger partial charge < -0.3 is 19.8 Å². The number of carbonyl (C=O) groups excluding carboxylic acids is 2. The van der Waals surface area contributed by atoms with E-state index in [1.807, 2.05) is 0 Å². The Balaban J connectivity index is 1.49. The van der Waals surface area contributed by atoms with Gasteiger partial charge in [0.15, 0.2) is 17.8 Å². The van der Waals surface area contributed by atoms with Gasteiger partial charge >= 0.3 is 0 Å². The van der Waals surface area contributed by atoms with Crippen molar-refractivity contribution in [2.75, 3.05) is 13.2 Å². The third-order valence-corrected chi connectivity index (χ3v) is 4.89. The summed E-state index contributed by atoms with van der Waals surface area (Å²) in [7, 11) is 0. The normalized spacial score (nSPS) is 10.7. The lowest BCUT2D eigenvalue weighted by Gasteiger charge is -2.10. The standard InChI is InChI=1S/C22H16Cl2F2N2O5/c1-11(4-5-27-21(30)10-32-12-2-3-14(23)16(25)6-12)28-22(31)20-9-18(29)13-7-15(24)17(26)8-19(13)33-20/h2-3,6-9H,1,4-5,10H2,(H,27,30)(H,28,31). The fourth-order valence-corrected chi connectivity index (χ4v) is 2.95. The molecule has 0 atom stereocenters. The number of rotatable bonds is 8. The van der Waals surface area contributed by atoms with Crippen LogP contribution in [0.1, 0.15) is 17.0 Å². The van der Waals surface area contributed by atoms with E-state index in [1.165, 1.54) is 12.1 Å². The first kappa shape index (κ1) is 24.2. The third kappa shape index (κ3) is 6.30. The van der Waals surface area contributed by atoms with E-state index in [0.717, 1.165) is 24.3 Å². The van der Waals surface area contributed by atoms with Gasteiger partial charge in [0.25, 0.3) is 11.8 Å². The molecule has 3 rings (SSSR count). The lowest BCUT2D eigenvalue weighted by Crippen LogP contribution is -2.31. The Morgan fingerprint density at radius 3 is 2.52 bits per heavy atom. The Labute approximate surface area is 195 Å². The molecule has 2 amide bonds. The van der Waals surface area contributed by atoms with Crippen molar-refractivity contribution in [1.29, 1.82) is 0 Å². The number of halogens is 4. The van der Waals surface area contributed by atoms with Crippen LogP contribution in [-0.4, -0.2) is 25.0 Å². The van der Waals surface area contributed by atoms with Crippen molar-refractivity contribution in [2.24, 2.45) is 0 Å². The molecule has 7 nitrogen and oxygen atoms in total. The van der Waals surface area contributed by atoms with Crippen molar-refractivity contribution in [3.63, 3.8) is 0 Å². The number of ether oxygens (including phenoxy) is 1. The van der Waals surface area contributed by atoms with Gasteiger partial charge in [-0.05, 0) is 18.2 Å². The highest BCUT2D eigenvalue weighted by atomic mass is 35.5. The molecule has 0 fully saturated rings. The molecule has 0 aliphatic heterocycles. The number of fused-ring (bicyclic) bond motifs is 1. The maximum atomic E-state index is 13.6. The fourth-order valence-electron chi connectivity index (χ4n) is 2.67. The van der Waals surface area contributed by atoms with Crippen LogP contribution in [0.4, 0.5) is 8.78 Å². The van der Waals surface area contributed by atoms with E-state index < -0.39 is 28.9 Å². The summed E-state index contributed by atoms with van der Waals surface area (Å²) in [6.07, 6.45) is 0.162. The zero-order chi connectivity index (χ0) is 24.1. The molecule has 0 aliphatic rings. The molecule has 3 aromatic rings. The van der Waals surface area contributed by atoms with Crippen molar-refractivity contribution in [1.82, 2.24) is 10.6 Å². The van der Waals surface area contributed by atoms with Crippen LogP contribution < -0.4 is 20.8 Å². The Kier molecular flexibility index (Phi) is 7.67. The van der Waals surface area contributed by atoms with Crippen LogP contribution >= 0.6 is 23.2 Å². The first-order chi connectivity index (χ1) is 15.6. The maximum Gasteiger partial charge on any atom is 0.291 e. The largest absolute Gasteiger partial charge is 0.484 e. The maximum absolute atomic E-state index is 13.6. The monoisotopic (exact) mass is 496 g/mol. The minimum Gasteiger partial charge on any atom is -0.484 e. The molecule has 172 valence electrons. The molecule has 1 aromatic heterocycles. The second-order valence-electron chi connectivity index (χ2n) is 6.76. The predicted molar refractivity (Wildman–Crippen MR) is 119 cm³/mol. The van der Waals surface area contributed by atoms with Gasteiger partial charge in [0.1, 0.15) is 23.0 Å². The minimum absolute atomic E-state index is 0.0306. The Hall–Kier alpha value is -3.43. The van der Waals surface area contributed by atoms with Crippen molar-refractivity contribution < 1.29 is 27.5 Å². The number of nitrogens with one attached hydrogen (secondary N) is 2. The van der Waals surface area contributed by atoms with Gasteiger partial charge in [0, 0.05) is 36.9 Å². The number of benzene rings is 2. The fraction of sp³-hybridized carbons (Fsp3) is 0.136. The van der Waals surface area contributed by atoms with Crippen LogP contribution in [0.15, 0.2) is 57.9 Å². The van der Waals surface area contributed by atoms with Crippen LogP contribution in [0, 0.1) is 11.6 Å². The molecular weight excluding hydrogens is 481 g/mol. The Bertz CT molecular complexity index is 1310. The van der Waals surface area contributed by atoms with E-state index in [-0.39, 0.29) is 57.8 Å². The molecule has 0 saturated heterocycles. The molecule has 11 heteroatoms. The molecule has 2 N–H and O–H groups in total. The third-order valence-electron chi connectivity index (χ3n) is 4.29. The Morgan fingerprint density at radius 2 is 1.79 bits per heavy atom. The van der Waals surface area contributed by atoms with Crippen LogP contribution in [0.25, 0.3) is 11.0 Å². The van der Waals surface area contributed by atoms with Crippen molar-refractivity contribution in [3.05, 3.63) is 86.3 Å². The van der Waals surface area contributed by atoms with Crippen LogP contribution in [0.3, 0.4) is 0 Å². The summed E-state index contributed by atoms with van der Waals surface area (Å²) in [4.78, 5) is 36.4. The highest BCUT2D eigenvalue weighted by Crippen LogP contribution is 2.22. The average Bonchev–Trinajstić information content (AvgIpc) is 2.75. The number of hydrogen-bond donors (Lipinski definition) is 2. The molecule has 2 aromatic carbocycles.